The van der Waals surface area contributed by atoms with E-state index in [2.05, 4.69) is 6.07 Å². The van der Waals surface area contributed by atoms with Crippen LogP contribution in [0, 0.1) is 6.92 Å². The maximum atomic E-state index is 12.4. The summed E-state index contributed by atoms with van der Waals surface area (Å²) in [6, 6.07) is 8.04. The number of aryl methyl sites for hydroxylation is 1. The van der Waals surface area contributed by atoms with Crippen LogP contribution in [-0.4, -0.2) is 65.1 Å². The van der Waals surface area contributed by atoms with Crippen molar-refractivity contribution in [1.29, 1.82) is 0 Å². The van der Waals surface area contributed by atoms with Crippen LogP contribution in [-0.2, 0) is 20.9 Å². The Balaban J connectivity index is 1.85. The molecule has 0 unspecified atom stereocenters. The predicted molar refractivity (Wildman–Crippen MR) is 95.7 cm³/mol. The Hall–Kier alpha value is -2.37. The lowest BCUT2D eigenvalue weighted by molar-refractivity contribution is -0.139. The van der Waals surface area contributed by atoms with Crippen LogP contribution >= 0.6 is 0 Å². The number of carbonyl (C=O) groups is 3. The summed E-state index contributed by atoms with van der Waals surface area (Å²) >= 11 is 0. The second-order valence-corrected chi connectivity index (χ2v) is 6.57. The maximum absolute atomic E-state index is 12.4. The van der Waals surface area contributed by atoms with Gasteiger partial charge in [-0.3, -0.25) is 14.4 Å². The minimum Gasteiger partial charge on any atom is -0.339 e. The number of hydrogen-bond donors (Lipinski definition) is 0. The Bertz CT molecular complexity index is 637. The molecule has 0 saturated carbocycles. The molecule has 6 nitrogen and oxygen atoms in total. The number of amides is 3. The molecule has 0 aliphatic carbocycles. The van der Waals surface area contributed by atoms with E-state index in [1.54, 1.807) is 21.6 Å². The molecule has 1 saturated heterocycles. The van der Waals surface area contributed by atoms with Gasteiger partial charge in [0, 0.05) is 59.5 Å². The monoisotopic (exact) mass is 345 g/mol. The highest BCUT2D eigenvalue weighted by Crippen LogP contribution is 2.10. The van der Waals surface area contributed by atoms with Crippen molar-refractivity contribution < 1.29 is 14.4 Å². The summed E-state index contributed by atoms with van der Waals surface area (Å²) in [7, 11) is 0. The van der Waals surface area contributed by atoms with E-state index in [0.29, 0.717) is 45.7 Å². The van der Waals surface area contributed by atoms with Gasteiger partial charge in [0.25, 0.3) is 0 Å². The van der Waals surface area contributed by atoms with Gasteiger partial charge in [0.1, 0.15) is 0 Å². The van der Waals surface area contributed by atoms with Gasteiger partial charge in [0.2, 0.25) is 17.7 Å². The fraction of sp³-hybridized carbons (Fsp3) is 0.526. The van der Waals surface area contributed by atoms with Gasteiger partial charge >= 0.3 is 0 Å². The van der Waals surface area contributed by atoms with Crippen LogP contribution in [0.2, 0.25) is 0 Å². The van der Waals surface area contributed by atoms with Gasteiger partial charge in [0.15, 0.2) is 0 Å². The molecule has 6 heteroatoms. The van der Waals surface area contributed by atoms with Crippen molar-refractivity contribution in [1.82, 2.24) is 14.7 Å². The van der Waals surface area contributed by atoms with Crippen LogP contribution in [0.1, 0.15) is 31.4 Å². The lowest BCUT2D eigenvalue weighted by atomic mass is 10.1. The van der Waals surface area contributed by atoms with Crippen LogP contribution < -0.4 is 0 Å². The fourth-order valence-corrected chi connectivity index (χ4v) is 3.04. The van der Waals surface area contributed by atoms with Crippen LogP contribution in [0.5, 0.6) is 0 Å². The van der Waals surface area contributed by atoms with Gasteiger partial charge in [0.05, 0.1) is 0 Å². The zero-order valence-corrected chi connectivity index (χ0v) is 15.3. The molecule has 0 bridgehead atoms. The Kier molecular flexibility index (Phi) is 6.56. The van der Waals surface area contributed by atoms with E-state index in [1.165, 1.54) is 6.92 Å². The van der Waals surface area contributed by atoms with Crippen molar-refractivity contribution in [2.75, 3.05) is 32.7 Å². The Labute approximate surface area is 149 Å². The zero-order chi connectivity index (χ0) is 18.4. The van der Waals surface area contributed by atoms with Gasteiger partial charge in [-0.2, -0.15) is 0 Å². The smallest absolute Gasteiger partial charge is 0.224 e. The maximum Gasteiger partial charge on any atom is 0.224 e. The third kappa shape index (κ3) is 5.59. The van der Waals surface area contributed by atoms with Crippen molar-refractivity contribution in [3.05, 3.63) is 35.4 Å². The summed E-state index contributed by atoms with van der Waals surface area (Å²) < 4.78 is 0. The average Bonchev–Trinajstić information content (AvgIpc) is 2.58. The molecule has 1 aromatic carbocycles. The molecule has 25 heavy (non-hydrogen) atoms. The van der Waals surface area contributed by atoms with E-state index in [0.717, 1.165) is 11.1 Å². The van der Waals surface area contributed by atoms with Crippen molar-refractivity contribution in [3.63, 3.8) is 0 Å². The molecule has 1 aliphatic rings. The zero-order valence-electron chi connectivity index (χ0n) is 15.3. The molecule has 0 spiro atoms. The second-order valence-electron chi connectivity index (χ2n) is 6.57. The summed E-state index contributed by atoms with van der Waals surface area (Å²) in [6.07, 6.45) is 0.311. The van der Waals surface area contributed by atoms with Crippen LogP contribution in [0.25, 0.3) is 0 Å². The van der Waals surface area contributed by atoms with E-state index in [4.69, 9.17) is 0 Å². The van der Waals surface area contributed by atoms with Crippen LogP contribution in [0.15, 0.2) is 24.3 Å². The average molecular weight is 345 g/mol. The quantitative estimate of drug-likeness (QED) is 0.811. The Morgan fingerprint density at radius 2 is 1.68 bits per heavy atom. The van der Waals surface area contributed by atoms with E-state index in [9.17, 15) is 14.4 Å². The standard InChI is InChI=1S/C19H27N3O3/c1-15-5-4-6-18(13-15)14-22(17(3)24)8-7-19(25)21-11-9-20(10-12-21)16(2)23/h4-6,13H,7-12,14H2,1-3H3. The van der Waals surface area contributed by atoms with Crippen molar-refractivity contribution in [3.8, 4) is 0 Å². The number of piperazine rings is 1. The Morgan fingerprint density at radius 3 is 2.24 bits per heavy atom. The van der Waals surface area contributed by atoms with Gasteiger partial charge in [-0.1, -0.05) is 29.8 Å². The van der Waals surface area contributed by atoms with Gasteiger partial charge < -0.3 is 14.7 Å². The molecule has 1 aliphatic heterocycles. The summed E-state index contributed by atoms with van der Waals surface area (Å²) in [6.45, 7) is 8.33. The molecule has 0 radical (unpaired) electrons. The largest absolute Gasteiger partial charge is 0.339 e. The number of hydrogen-bond acceptors (Lipinski definition) is 3. The lowest BCUT2D eigenvalue weighted by Gasteiger charge is -2.34. The topological polar surface area (TPSA) is 60.9 Å². The molecule has 1 aromatic rings. The molecule has 3 amide bonds. The normalized spacial score (nSPS) is 14.4. The molecular weight excluding hydrogens is 318 g/mol. The van der Waals surface area contributed by atoms with Crippen molar-refractivity contribution >= 4 is 17.7 Å². The first-order chi connectivity index (χ1) is 11.9. The molecular formula is C19H27N3O3. The highest BCUT2D eigenvalue weighted by Gasteiger charge is 2.23. The minimum atomic E-state index is -0.0318. The Morgan fingerprint density at radius 1 is 1.04 bits per heavy atom. The molecule has 1 fully saturated rings. The lowest BCUT2D eigenvalue weighted by Crippen LogP contribution is -2.50. The first kappa shape index (κ1) is 19.0. The highest BCUT2D eigenvalue weighted by atomic mass is 16.2. The van der Waals surface area contributed by atoms with E-state index in [-0.39, 0.29) is 17.7 Å². The molecule has 1 heterocycles. The van der Waals surface area contributed by atoms with E-state index >= 15 is 0 Å². The fourth-order valence-electron chi connectivity index (χ4n) is 3.04. The molecule has 136 valence electrons. The molecule has 0 atom stereocenters. The minimum absolute atomic E-state index is 0.0318. The van der Waals surface area contributed by atoms with Crippen LogP contribution in [0.3, 0.4) is 0 Å². The van der Waals surface area contributed by atoms with E-state index in [1.807, 2.05) is 25.1 Å². The van der Waals surface area contributed by atoms with Gasteiger partial charge in [-0.05, 0) is 12.5 Å². The first-order valence-corrected chi connectivity index (χ1v) is 8.71. The highest BCUT2D eigenvalue weighted by molar-refractivity contribution is 5.79. The summed E-state index contributed by atoms with van der Waals surface area (Å²) in [5.74, 6) is 0.0578. The number of nitrogens with zero attached hydrogens (tertiary/aromatic N) is 3. The predicted octanol–water partition coefficient (Wildman–Crippen LogP) is 1.42. The van der Waals surface area contributed by atoms with Gasteiger partial charge in [-0.15, -0.1) is 0 Å². The molecule has 0 aromatic heterocycles. The summed E-state index contributed by atoms with van der Waals surface area (Å²) in [4.78, 5) is 40.9. The summed E-state index contributed by atoms with van der Waals surface area (Å²) in [5.41, 5.74) is 2.22. The third-order valence-electron chi connectivity index (χ3n) is 4.57. The number of benzene rings is 1. The van der Waals surface area contributed by atoms with E-state index < -0.39 is 0 Å². The third-order valence-corrected chi connectivity index (χ3v) is 4.57. The second kappa shape index (κ2) is 8.65. The van der Waals surface area contributed by atoms with Crippen molar-refractivity contribution in [2.45, 2.75) is 33.7 Å². The van der Waals surface area contributed by atoms with Crippen molar-refractivity contribution in [2.24, 2.45) is 0 Å². The van der Waals surface area contributed by atoms with Crippen LogP contribution in [0.4, 0.5) is 0 Å². The number of carbonyl (C=O) groups excluding carboxylic acids is 3. The number of rotatable bonds is 5. The SMILES string of the molecule is CC(=O)N1CCN(C(=O)CCN(Cc2cccc(C)c2)C(C)=O)CC1. The first-order valence-electron chi connectivity index (χ1n) is 8.71. The summed E-state index contributed by atoms with van der Waals surface area (Å²) in [5, 5.41) is 0. The molecule has 2 rings (SSSR count). The van der Waals surface area contributed by atoms with Gasteiger partial charge in [-0.25, -0.2) is 0 Å². The molecule has 0 N–H and O–H groups in total.